The first-order valence-electron chi connectivity index (χ1n) is 6.42. The molecule has 0 aliphatic heterocycles. The van der Waals surface area contributed by atoms with Gasteiger partial charge in [-0.3, -0.25) is 4.79 Å². The van der Waals surface area contributed by atoms with Crippen LogP contribution < -0.4 is 16.0 Å². The standard InChI is InChI=1S/C14H22ClN3O/c1-10(16)5-4-6-14(19)17-11-7-8-13(18(2)3)12(15)9-11/h7-10H,4-6,16H2,1-3H3,(H,17,19). The van der Waals surface area contributed by atoms with Gasteiger partial charge < -0.3 is 16.0 Å². The zero-order chi connectivity index (χ0) is 14.4. The lowest BCUT2D eigenvalue weighted by Crippen LogP contribution is -2.17. The highest BCUT2D eigenvalue weighted by atomic mass is 35.5. The predicted octanol–water partition coefficient (Wildman–Crippen LogP) is 2.86. The summed E-state index contributed by atoms with van der Waals surface area (Å²) in [6, 6.07) is 5.65. The summed E-state index contributed by atoms with van der Waals surface area (Å²) in [5.41, 5.74) is 7.29. The smallest absolute Gasteiger partial charge is 0.224 e. The minimum absolute atomic E-state index is 0.00526. The van der Waals surface area contributed by atoms with E-state index in [1.165, 1.54) is 0 Å². The molecule has 0 saturated carbocycles. The number of benzene rings is 1. The van der Waals surface area contributed by atoms with Crippen LogP contribution in [0.5, 0.6) is 0 Å². The Morgan fingerprint density at radius 2 is 2.16 bits per heavy atom. The number of nitrogens with two attached hydrogens (primary N) is 1. The lowest BCUT2D eigenvalue weighted by molar-refractivity contribution is -0.116. The summed E-state index contributed by atoms with van der Waals surface area (Å²) in [6.45, 7) is 1.94. The molecule has 0 aliphatic rings. The monoisotopic (exact) mass is 283 g/mol. The molecule has 0 aromatic heterocycles. The maximum atomic E-state index is 11.7. The number of halogens is 1. The van der Waals surface area contributed by atoms with Gasteiger partial charge in [0.15, 0.2) is 0 Å². The van der Waals surface area contributed by atoms with Gasteiger partial charge in [0.05, 0.1) is 10.7 Å². The van der Waals surface area contributed by atoms with Crippen molar-refractivity contribution in [2.75, 3.05) is 24.3 Å². The van der Waals surface area contributed by atoms with Gasteiger partial charge in [0.25, 0.3) is 0 Å². The zero-order valence-corrected chi connectivity index (χ0v) is 12.5. The molecule has 3 N–H and O–H groups in total. The van der Waals surface area contributed by atoms with E-state index in [0.29, 0.717) is 11.4 Å². The Balaban J connectivity index is 2.53. The van der Waals surface area contributed by atoms with Gasteiger partial charge >= 0.3 is 0 Å². The van der Waals surface area contributed by atoms with Crippen molar-refractivity contribution in [2.45, 2.75) is 32.2 Å². The van der Waals surface area contributed by atoms with E-state index in [1.807, 2.05) is 38.1 Å². The van der Waals surface area contributed by atoms with Crippen LogP contribution in [-0.2, 0) is 4.79 Å². The highest BCUT2D eigenvalue weighted by molar-refractivity contribution is 6.33. The molecule has 5 heteroatoms. The van der Waals surface area contributed by atoms with Gasteiger partial charge in [-0.1, -0.05) is 11.6 Å². The normalized spacial score (nSPS) is 12.1. The fourth-order valence-corrected chi connectivity index (χ4v) is 2.10. The first-order chi connectivity index (χ1) is 8.90. The van der Waals surface area contributed by atoms with Crippen LogP contribution in [0.3, 0.4) is 0 Å². The van der Waals surface area contributed by atoms with Crippen LogP contribution in [0.1, 0.15) is 26.2 Å². The fourth-order valence-electron chi connectivity index (χ4n) is 1.76. The van der Waals surface area contributed by atoms with Gasteiger partial charge in [-0.2, -0.15) is 0 Å². The summed E-state index contributed by atoms with van der Waals surface area (Å²) in [4.78, 5) is 13.6. The molecule has 106 valence electrons. The number of rotatable bonds is 6. The number of amides is 1. The number of nitrogens with one attached hydrogen (secondary N) is 1. The van der Waals surface area contributed by atoms with Gasteiger partial charge in [-0.05, 0) is 38.0 Å². The van der Waals surface area contributed by atoms with Crippen molar-refractivity contribution in [2.24, 2.45) is 5.73 Å². The Bertz CT molecular complexity index is 433. The first kappa shape index (κ1) is 15.8. The summed E-state index contributed by atoms with van der Waals surface area (Å²) >= 11 is 6.14. The molecule has 0 spiro atoms. The van der Waals surface area contributed by atoms with Crippen molar-refractivity contribution in [3.63, 3.8) is 0 Å². The van der Waals surface area contributed by atoms with Crippen LogP contribution in [-0.4, -0.2) is 26.0 Å². The Labute approximate surface area is 119 Å². The van der Waals surface area contributed by atoms with E-state index in [1.54, 1.807) is 6.07 Å². The number of hydrogen-bond acceptors (Lipinski definition) is 3. The molecule has 1 amide bonds. The van der Waals surface area contributed by atoms with E-state index < -0.39 is 0 Å². The van der Waals surface area contributed by atoms with E-state index in [-0.39, 0.29) is 11.9 Å². The molecular formula is C14H22ClN3O. The van der Waals surface area contributed by atoms with Crippen LogP contribution >= 0.6 is 11.6 Å². The average molecular weight is 284 g/mol. The molecule has 0 saturated heterocycles. The third-order valence-electron chi connectivity index (χ3n) is 2.78. The van der Waals surface area contributed by atoms with E-state index in [2.05, 4.69) is 5.32 Å². The molecule has 1 atom stereocenters. The molecule has 0 aliphatic carbocycles. The second-order valence-electron chi connectivity index (χ2n) is 4.98. The maximum absolute atomic E-state index is 11.7. The highest BCUT2D eigenvalue weighted by Crippen LogP contribution is 2.27. The third-order valence-corrected chi connectivity index (χ3v) is 3.08. The minimum atomic E-state index is -0.00526. The lowest BCUT2D eigenvalue weighted by atomic mass is 10.1. The summed E-state index contributed by atoms with van der Waals surface area (Å²) in [5, 5.41) is 3.46. The van der Waals surface area contributed by atoms with Crippen LogP contribution in [0.15, 0.2) is 18.2 Å². The van der Waals surface area contributed by atoms with Gasteiger partial charge in [0.2, 0.25) is 5.91 Å². The number of hydrogen-bond donors (Lipinski definition) is 2. The predicted molar refractivity (Wildman–Crippen MR) is 81.9 cm³/mol. The summed E-state index contributed by atoms with van der Waals surface area (Å²) < 4.78 is 0. The quantitative estimate of drug-likeness (QED) is 0.844. The second kappa shape index (κ2) is 7.36. The van der Waals surface area contributed by atoms with Crippen molar-refractivity contribution in [3.05, 3.63) is 23.2 Å². The van der Waals surface area contributed by atoms with Crippen molar-refractivity contribution in [1.29, 1.82) is 0 Å². The molecular weight excluding hydrogens is 262 g/mol. The molecule has 0 fully saturated rings. The largest absolute Gasteiger partial charge is 0.376 e. The molecule has 0 bridgehead atoms. The van der Waals surface area contributed by atoms with Crippen molar-refractivity contribution < 1.29 is 4.79 Å². The summed E-state index contributed by atoms with van der Waals surface area (Å²) in [5.74, 6) is -0.00526. The highest BCUT2D eigenvalue weighted by Gasteiger charge is 2.07. The molecule has 4 nitrogen and oxygen atoms in total. The molecule has 1 rings (SSSR count). The Morgan fingerprint density at radius 1 is 1.47 bits per heavy atom. The van der Waals surface area contributed by atoms with Gasteiger partial charge in [0.1, 0.15) is 0 Å². The van der Waals surface area contributed by atoms with E-state index in [0.717, 1.165) is 24.2 Å². The number of anilines is 2. The maximum Gasteiger partial charge on any atom is 0.224 e. The molecule has 19 heavy (non-hydrogen) atoms. The second-order valence-corrected chi connectivity index (χ2v) is 5.39. The van der Waals surface area contributed by atoms with Crippen LogP contribution in [0.4, 0.5) is 11.4 Å². The fraction of sp³-hybridized carbons (Fsp3) is 0.500. The van der Waals surface area contributed by atoms with Gasteiger partial charge in [-0.25, -0.2) is 0 Å². The first-order valence-corrected chi connectivity index (χ1v) is 6.80. The number of nitrogens with zero attached hydrogens (tertiary/aromatic N) is 1. The zero-order valence-electron chi connectivity index (χ0n) is 11.7. The molecule has 1 unspecified atom stereocenters. The number of carbonyl (C=O) groups is 1. The van der Waals surface area contributed by atoms with Crippen molar-refractivity contribution in [1.82, 2.24) is 0 Å². The van der Waals surface area contributed by atoms with Crippen molar-refractivity contribution in [3.8, 4) is 0 Å². The topological polar surface area (TPSA) is 58.4 Å². The SMILES string of the molecule is CC(N)CCCC(=O)Nc1ccc(N(C)C)c(Cl)c1. The number of carbonyl (C=O) groups excluding carboxylic acids is 1. The van der Waals surface area contributed by atoms with Crippen LogP contribution in [0.25, 0.3) is 0 Å². The summed E-state index contributed by atoms with van der Waals surface area (Å²) in [6.07, 6.45) is 2.13. The van der Waals surface area contributed by atoms with Gasteiger partial charge in [0, 0.05) is 32.2 Å². The third kappa shape index (κ3) is 5.49. The van der Waals surface area contributed by atoms with E-state index >= 15 is 0 Å². The average Bonchev–Trinajstić information content (AvgIpc) is 2.27. The minimum Gasteiger partial charge on any atom is -0.376 e. The van der Waals surface area contributed by atoms with E-state index in [9.17, 15) is 4.79 Å². The molecule has 0 heterocycles. The van der Waals surface area contributed by atoms with Crippen LogP contribution in [0, 0.1) is 0 Å². The van der Waals surface area contributed by atoms with Gasteiger partial charge in [-0.15, -0.1) is 0 Å². The van der Waals surface area contributed by atoms with E-state index in [4.69, 9.17) is 17.3 Å². The summed E-state index contributed by atoms with van der Waals surface area (Å²) in [7, 11) is 3.85. The molecule has 1 aromatic carbocycles. The molecule has 1 aromatic rings. The Hall–Kier alpha value is -1.26. The lowest BCUT2D eigenvalue weighted by Gasteiger charge is -2.15. The Morgan fingerprint density at radius 3 is 2.68 bits per heavy atom. The van der Waals surface area contributed by atoms with Crippen LogP contribution in [0.2, 0.25) is 5.02 Å². The van der Waals surface area contributed by atoms with Crippen molar-refractivity contribution >= 4 is 28.9 Å². The Kier molecular flexibility index (Phi) is 6.12. The molecule has 0 radical (unpaired) electrons.